The molecule has 5 heteroatoms. The van der Waals surface area contributed by atoms with Gasteiger partial charge in [-0.05, 0) is 38.6 Å². The minimum atomic E-state index is -0.187. The Bertz CT molecular complexity index is 253. The van der Waals surface area contributed by atoms with Crippen molar-refractivity contribution in [1.29, 1.82) is 0 Å². The summed E-state index contributed by atoms with van der Waals surface area (Å²) >= 11 is 0. The van der Waals surface area contributed by atoms with Gasteiger partial charge in [-0.15, -0.1) is 0 Å². The van der Waals surface area contributed by atoms with Gasteiger partial charge in [0.2, 0.25) is 0 Å². The molecule has 19 heavy (non-hydrogen) atoms. The van der Waals surface area contributed by atoms with Gasteiger partial charge in [-0.25, -0.2) is 4.79 Å². The van der Waals surface area contributed by atoms with Crippen molar-refractivity contribution in [3.05, 3.63) is 0 Å². The van der Waals surface area contributed by atoms with Crippen LogP contribution in [0.15, 0.2) is 0 Å². The van der Waals surface area contributed by atoms with E-state index in [-0.39, 0.29) is 12.7 Å². The highest BCUT2D eigenvalue weighted by atomic mass is 16.6. The molecule has 0 spiro atoms. The summed E-state index contributed by atoms with van der Waals surface area (Å²) in [6.45, 7) is 7.20. The molecule has 0 aromatic carbocycles. The summed E-state index contributed by atoms with van der Waals surface area (Å²) < 4.78 is 5.00. The van der Waals surface area contributed by atoms with Crippen LogP contribution in [0, 0.1) is 5.92 Å². The summed E-state index contributed by atoms with van der Waals surface area (Å²) in [6.07, 6.45) is 3.73. The zero-order valence-corrected chi connectivity index (χ0v) is 12.2. The summed E-state index contributed by atoms with van der Waals surface area (Å²) in [5.41, 5.74) is 0. The molecule has 0 saturated carbocycles. The van der Waals surface area contributed by atoms with Crippen LogP contribution in [0.2, 0.25) is 0 Å². The number of aliphatic hydroxyl groups excluding tert-OH is 1. The Balaban J connectivity index is 2.21. The Labute approximate surface area is 116 Å². The number of rotatable bonds is 7. The van der Waals surface area contributed by atoms with Gasteiger partial charge in [-0.2, -0.15) is 0 Å². The fraction of sp³-hybridized carbons (Fsp3) is 0.929. The van der Waals surface area contributed by atoms with Gasteiger partial charge >= 0.3 is 6.09 Å². The van der Waals surface area contributed by atoms with E-state index in [9.17, 15) is 4.79 Å². The number of carbonyl (C=O) groups excluding carboxylic acids is 1. The van der Waals surface area contributed by atoms with Crippen LogP contribution in [0.4, 0.5) is 4.79 Å². The van der Waals surface area contributed by atoms with E-state index in [4.69, 9.17) is 9.84 Å². The summed E-state index contributed by atoms with van der Waals surface area (Å²) in [6, 6.07) is 0.485. The summed E-state index contributed by atoms with van der Waals surface area (Å²) in [5.74, 6) is 0.549. The average molecular weight is 272 g/mol. The van der Waals surface area contributed by atoms with Gasteiger partial charge in [0.15, 0.2) is 0 Å². The molecular weight excluding hydrogens is 244 g/mol. The summed E-state index contributed by atoms with van der Waals surface area (Å²) in [5, 5.41) is 12.5. The molecule has 0 aromatic rings. The topological polar surface area (TPSA) is 61.8 Å². The largest absolute Gasteiger partial charge is 0.450 e. The van der Waals surface area contributed by atoms with Gasteiger partial charge in [0.1, 0.15) is 0 Å². The van der Waals surface area contributed by atoms with E-state index in [0.717, 1.165) is 45.3 Å². The Hall–Kier alpha value is -0.810. The zero-order valence-electron chi connectivity index (χ0n) is 12.2. The molecule has 1 fully saturated rings. The van der Waals surface area contributed by atoms with Crippen molar-refractivity contribution in [2.24, 2.45) is 5.92 Å². The van der Waals surface area contributed by atoms with Gasteiger partial charge in [-0.1, -0.05) is 13.3 Å². The van der Waals surface area contributed by atoms with Crippen LogP contribution in [-0.2, 0) is 4.74 Å². The number of nitrogens with zero attached hydrogens (tertiary/aromatic N) is 1. The molecule has 1 amide bonds. The lowest BCUT2D eigenvalue weighted by molar-refractivity contribution is 0.0946. The summed E-state index contributed by atoms with van der Waals surface area (Å²) in [4.78, 5) is 13.3. The van der Waals surface area contributed by atoms with Crippen LogP contribution < -0.4 is 5.32 Å². The Morgan fingerprint density at radius 2 is 2.11 bits per heavy atom. The van der Waals surface area contributed by atoms with E-state index in [1.165, 1.54) is 0 Å². The summed E-state index contributed by atoms with van der Waals surface area (Å²) in [7, 11) is 0. The van der Waals surface area contributed by atoms with E-state index < -0.39 is 0 Å². The maximum Gasteiger partial charge on any atom is 0.409 e. The van der Waals surface area contributed by atoms with Crippen LogP contribution in [0.3, 0.4) is 0 Å². The zero-order chi connectivity index (χ0) is 14.1. The SMILES string of the molecule is CCOC(=O)N1CCC(NCC(CC)CCO)CC1. The molecule has 1 saturated heterocycles. The molecule has 1 unspecified atom stereocenters. The van der Waals surface area contributed by atoms with Gasteiger partial charge in [-0.3, -0.25) is 0 Å². The highest BCUT2D eigenvalue weighted by Gasteiger charge is 2.23. The van der Waals surface area contributed by atoms with Crippen LogP contribution in [-0.4, -0.2) is 55.0 Å². The van der Waals surface area contributed by atoms with Crippen molar-refractivity contribution in [2.75, 3.05) is 32.8 Å². The number of hydrogen-bond donors (Lipinski definition) is 2. The number of nitrogens with one attached hydrogen (secondary N) is 1. The van der Waals surface area contributed by atoms with Crippen molar-refractivity contribution in [2.45, 2.75) is 45.6 Å². The highest BCUT2D eigenvalue weighted by molar-refractivity contribution is 5.67. The monoisotopic (exact) mass is 272 g/mol. The van der Waals surface area contributed by atoms with E-state index in [1.807, 2.05) is 6.92 Å². The second-order valence-corrected chi connectivity index (χ2v) is 5.16. The Kier molecular flexibility index (Phi) is 7.82. The Morgan fingerprint density at radius 3 is 2.63 bits per heavy atom. The first-order valence-electron chi connectivity index (χ1n) is 7.47. The second-order valence-electron chi connectivity index (χ2n) is 5.16. The highest BCUT2D eigenvalue weighted by Crippen LogP contribution is 2.13. The fourth-order valence-corrected chi connectivity index (χ4v) is 2.45. The number of carbonyl (C=O) groups is 1. The number of likely N-dealkylation sites (tertiary alicyclic amines) is 1. The lowest BCUT2D eigenvalue weighted by Gasteiger charge is -2.32. The number of ether oxygens (including phenoxy) is 1. The van der Waals surface area contributed by atoms with Gasteiger partial charge in [0.05, 0.1) is 6.61 Å². The quantitative estimate of drug-likeness (QED) is 0.739. The minimum Gasteiger partial charge on any atom is -0.450 e. The second kappa shape index (κ2) is 9.15. The van der Waals surface area contributed by atoms with Crippen molar-refractivity contribution in [1.82, 2.24) is 10.2 Å². The molecule has 0 radical (unpaired) electrons. The first-order chi connectivity index (χ1) is 9.21. The van der Waals surface area contributed by atoms with E-state index >= 15 is 0 Å². The molecule has 1 aliphatic rings. The van der Waals surface area contributed by atoms with Crippen LogP contribution in [0.25, 0.3) is 0 Å². The lowest BCUT2D eigenvalue weighted by atomic mass is 10.0. The predicted octanol–water partition coefficient (Wildman–Crippen LogP) is 1.61. The maximum absolute atomic E-state index is 11.6. The predicted molar refractivity (Wildman–Crippen MR) is 75.1 cm³/mol. The van der Waals surface area contributed by atoms with Gasteiger partial charge in [0, 0.05) is 25.7 Å². The molecular formula is C14H28N2O3. The smallest absolute Gasteiger partial charge is 0.409 e. The van der Waals surface area contributed by atoms with Crippen LogP contribution >= 0.6 is 0 Å². The van der Waals surface area contributed by atoms with Gasteiger partial charge in [0.25, 0.3) is 0 Å². The molecule has 5 nitrogen and oxygen atoms in total. The molecule has 0 aliphatic carbocycles. The first-order valence-corrected chi connectivity index (χ1v) is 7.47. The standard InChI is InChI=1S/C14H28N2O3/c1-3-12(7-10-17)11-15-13-5-8-16(9-6-13)14(18)19-4-2/h12-13,15,17H,3-11H2,1-2H3. The molecule has 1 atom stereocenters. The Morgan fingerprint density at radius 1 is 1.42 bits per heavy atom. The first kappa shape index (κ1) is 16.2. The molecule has 2 N–H and O–H groups in total. The van der Waals surface area contributed by atoms with E-state index in [1.54, 1.807) is 4.90 Å². The fourth-order valence-electron chi connectivity index (χ4n) is 2.45. The third-order valence-electron chi connectivity index (χ3n) is 3.83. The van der Waals surface area contributed by atoms with Crippen molar-refractivity contribution in [3.63, 3.8) is 0 Å². The van der Waals surface area contributed by atoms with Crippen molar-refractivity contribution < 1.29 is 14.6 Å². The number of piperidine rings is 1. The number of hydrogen-bond acceptors (Lipinski definition) is 4. The molecule has 0 aromatic heterocycles. The van der Waals surface area contributed by atoms with Gasteiger partial charge < -0.3 is 20.1 Å². The van der Waals surface area contributed by atoms with Crippen LogP contribution in [0.1, 0.15) is 39.5 Å². The number of amides is 1. The van der Waals surface area contributed by atoms with E-state index in [2.05, 4.69) is 12.2 Å². The third kappa shape index (κ3) is 5.78. The molecule has 1 aliphatic heterocycles. The van der Waals surface area contributed by atoms with Crippen LogP contribution in [0.5, 0.6) is 0 Å². The minimum absolute atomic E-state index is 0.187. The molecule has 0 bridgehead atoms. The number of aliphatic hydroxyl groups is 1. The van der Waals surface area contributed by atoms with Crippen molar-refractivity contribution in [3.8, 4) is 0 Å². The average Bonchev–Trinajstić information content (AvgIpc) is 2.44. The molecule has 1 heterocycles. The van der Waals surface area contributed by atoms with Crippen molar-refractivity contribution >= 4 is 6.09 Å². The normalized spacial score (nSPS) is 18.4. The molecule has 112 valence electrons. The van der Waals surface area contributed by atoms with E-state index in [0.29, 0.717) is 18.6 Å². The third-order valence-corrected chi connectivity index (χ3v) is 3.83. The lowest BCUT2D eigenvalue weighted by Crippen LogP contribution is -2.46. The molecule has 1 rings (SSSR count). The maximum atomic E-state index is 11.6.